The minimum atomic E-state index is 1.18. The summed E-state index contributed by atoms with van der Waals surface area (Å²) in [5.74, 6) is 0. The third kappa shape index (κ3) is 3.21. The van der Waals surface area contributed by atoms with E-state index in [1.54, 1.807) is 0 Å². The highest BCUT2D eigenvalue weighted by molar-refractivity contribution is 6.11. The van der Waals surface area contributed by atoms with E-state index in [1.165, 1.54) is 71.6 Å². The molecule has 38 heavy (non-hydrogen) atoms. The van der Waals surface area contributed by atoms with Crippen LogP contribution in [0, 0.1) is 0 Å². The van der Waals surface area contributed by atoms with Crippen LogP contribution in [0.2, 0.25) is 0 Å². The first-order valence-corrected chi connectivity index (χ1v) is 13.0. The Bertz CT molecular complexity index is 2110. The lowest BCUT2D eigenvalue weighted by atomic mass is 9.98. The molecule has 0 saturated heterocycles. The maximum Gasteiger partial charge on any atom is 0.0541 e. The number of para-hydroxylation sites is 3. The van der Waals surface area contributed by atoms with Crippen LogP contribution in [0.25, 0.3) is 71.6 Å². The molecule has 2 aromatic heterocycles. The van der Waals surface area contributed by atoms with Crippen molar-refractivity contribution < 1.29 is 0 Å². The molecule has 0 aliphatic rings. The second-order valence-corrected chi connectivity index (χ2v) is 9.93. The topological polar surface area (TPSA) is 20.7 Å². The van der Waals surface area contributed by atoms with Crippen molar-refractivity contribution >= 4 is 43.6 Å². The van der Waals surface area contributed by atoms with Crippen molar-refractivity contribution in [2.75, 3.05) is 0 Å². The average Bonchev–Trinajstić information content (AvgIpc) is 3.53. The largest absolute Gasteiger partial charge is 0.355 e. The summed E-state index contributed by atoms with van der Waals surface area (Å²) in [6, 6.07) is 50.3. The second kappa shape index (κ2) is 8.22. The molecule has 2 heterocycles. The highest BCUT2D eigenvalue weighted by atomic mass is 15.0. The molecule has 0 aliphatic carbocycles. The van der Waals surface area contributed by atoms with E-state index in [0.29, 0.717) is 0 Å². The zero-order chi connectivity index (χ0) is 25.1. The molecule has 0 unspecified atom stereocenters. The van der Waals surface area contributed by atoms with Crippen LogP contribution >= 0.6 is 0 Å². The Morgan fingerprint density at radius 3 is 1.71 bits per heavy atom. The molecule has 2 nitrogen and oxygen atoms in total. The monoisotopic (exact) mass is 484 g/mol. The summed E-state index contributed by atoms with van der Waals surface area (Å²) in [5, 5.41) is 5.08. The fourth-order valence-electron chi connectivity index (χ4n) is 5.89. The van der Waals surface area contributed by atoms with Gasteiger partial charge in [0.25, 0.3) is 0 Å². The molecule has 0 radical (unpaired) electrons. The smallest absolute Gasteiger partial charge is 0.0541 e. The summed E-state index contributed by atoms with van der Waals surface area (Å²) < 4.78 is 2.36. The van der Waals surface area contributed by atoms with Crippen LogP contribution in [0.15, 0.2) is 140 Å². The molecule has 178 valence electrons. The Kier molecular flexibility index (Phi) is 4.55. The van der Waals surface area contributed by atoms with Crippen molar-refractivity contribution in [1.82, 2.24) is 9.55 Å². The van der Waals surface area contributed by atoms with Crippen LogP contribution in [0.1, 0.15) is 0 Å². The summed E-state index contributed by atoms with van der Waals surface area (Å²) in [5.41, 5.74) is 10.9. The van der Waals surface area contributed by atoms with Crippen LogP contribution in [0.3, 0.4) is 0 Å². The van der Waals surface area contributed by atoms with Gasteiger partial charge in [0.2, 0.25) is 0 Å². The Balaban J connectivity index is 1.22. The third-order valence-corrected chi connectivity index (χ3v) is 7.74. The molecule has 2 heteroatoms. The van der Waals surface area contributed by atoms with Crippen molar-refractivity contribution in [2.24, 2.45) is 0 Å². The number of hydrogen-bond donors (Lipinski definition) is 1. The maximum absolute atomic E-state index is 3.52. The zero-order valence-electron chi connectivity index (χ0n) is 20.7. The summed E-state index contributed by atoms with van der Waals surface area (Å²) in [6.07, 6.45) is 0. The van der Waals surface area contributed by atoms with Crippen LogP contribution in [-0.2, 0) is 0 Å². The van der Waals surface area contributed by atoms with Crippen LogP contribution in [0.5, 0.6) is 0 Å². The molecule has 1 N–H and O–H groups in total. The van der Waals surface area contributed by atoms with Gasteiger partial charge in [0.05, 0.1) is 11.0 Å². The molecular formula is C36H24N2. The van der Waals surface area contributed by atoms with Gasteiger partial charge in [-0.1, -0.05) is 91.0 Å². The fraction of sp³-hybridized carbons (Fsp3) is 0. The molecule has 0 spiro atoms. The van der Waals surface area contributed by atoms with Gasteiger partial charge < -0.3 is 9.55 Å². The number of fused-ring (bicyclic) bond motifs is 6. The standard InChI is InChI=1S/C36H24N2/c1-2-8-28(9-3-1)38-35-13-7-5-11-30(35)32-23-27(19-21-36(32)38)25-16-14-24(15-17-25)26-18-20-34-31(22-26)29-10-4-6-12-33(29)37-34/h1-23,37H. The number of nitrogens with one attached hydrogen (secondary N) is 1. The lowest BCUT2D eigenvalue weighted by Crippen LogP contribution is -1.92. The summed E-state index contributed by atoms with van der Waals surface area (Å²) >= 11 is 0. The van der Waals surface area contributed by atoms with Gasteiger partial charge in [0.1, 0.15) is 0 Å². The summed E-state index contributed by atoms with van der Waals surface area (Å²) in [6.45, 7) is 0. The predicted molar refractivity (Wildman–Crippen MR) is 161 cm³/mol. The van der Waals surface area contributed by atoms with Crippen molar-refractivity contribution in [2.45, 2.75) is 0 Å². The number of aromatic amines is 1. The molecule has 6 aromatic carbocycles. The Morgan fingerprint density at radius 2 is 0.921 bits per heavy atom. The highest BCUT2D eigenvalue weighted by Gasteiger charge is 2.13. The van der Waals surface area contributed by atoms with Crippen molar-refractivity contribution in [1.29, 1.82) is 0 Å². The lowest BCUT2D eigenvalue weighted by molar-refractivity contribution is 1.18. The zero-order valence-corrected chi connectivity index (χ0v) is 20.7. The SMILES string of the molecule is c1ccc(-n2c3ccccc3c3cc(-c4ccc(-c5ccc6[nH]c7ccccc7c6c5)cc4)ccc32)cc1. The number of aromatic nitrogens is 2. The van der Waals surface area contributed by atoms with Gasteiger partial charge in [-0.25, -0.2) is 0 Å². The normalized spacial score (nSPS) is 11.7. The first-order chi connectivity index (χ1) is 18.8. The molecule has 0 atom stereocenters. The second-order valence-electron chi connectivity index (χ2n) is 9.93. The van der Waals surface area contributed by atoms with E-state index in [1.807, 2.05) is 0 Å². The van der Waals surface area contributed by atoms with Gasteiger partial charge in [-0.15, -0.1) is 0 Å². The summed E-state index contributed by atoms with van der Waals surface area (Å²) in [7, 11) is 0. The lowest BCUT2D eigenvalue weighted by Gasteiger charge is -2.09. The van der Waals surface area contributed by atoms with Gasteiger partial charge in [0.15, 0.2) is 0 Å². The molecule has 8 aromatic rings. The number of rotatable bonds is 3. The number of benzene rings is 6. The average molecular weight is 485 g/mol. The molecular weight excluding hydrogens is 460 g/mol. The van der Waals surface area contributed by atoms with Crippen molar-refractivity contribution in [3.63, 3.8) is 0 Å². The van der Waals surface area contributed by atoms with E-state index in [2.05, 4.69) is 149 Å². The molecule has 0 saturated carbocycles. The maximum atomic E-state index is 3.52. The molecule has 0 fully saturated rings. The van der Waals surface area contributed by atoms with E-state index >= 15 is 0 Å². The van der Waals surface area contributed by atoms with Gasteiger partial charge in [-0.05, 0) is 70.8 Å². The number of hydrogen-bond acceptors (Lipinski definition) is 0. The minimum Gasteiger partial charge on any atom is -0.355 e. The molecule has 0 bridgehead atoms. The van der Waals surface area contributed by atoms with E-state index in [0.717, 1.165) is 0 Å². The van der Waals surface area contributed by atoms with E-state index in [4.69, 9.17) is 0 Å². The first kappa shape index (κ1) is 21.0. The molecule has 8 rings (SSSR count). The number of nitrogens with zero attached hydrogens (tertiary/aromatic N) is 1. The quantitative estimate of drug-likeness (QED) is 0.258. The highest BCUT2D eigenvalue weighted by Crippen LogP contribution is 2.36. The van der Waals surface area contributed by atoms with Crippen molar-refractivity contribution in [3.05, 3.63) is 140 Å². The van der Waals surface area contributed by atoms with Gasteiger partial charge in [0, 0.05) is 38.3 Å². The Labute approximate surface area is 220 Å². The predicted octanol–water partition coefficient (Wildman–Crippen LogP) is 9.75. The summed E-state index contributed by atoms with van der Waals surface area (Å²) in [4.78, 5) is 3.52. The van der Waals surface area contributed by atoms with E-state index in [-0.39, 0.29) is 0 Å². The van der Waals surface area contributed by atoms with Crippen LogP contribution in [0.4, 0.5) is 0 Å². The van der Waals surface area contributed by atoms with E-state index < -0.39 is 0 Å². The fourth-order valence-corrected chi connectivity index (χ4v) is 5.89. The van der Waals surface area contributed by atoms with Gasteiger partial charge in [-0.3, -0.25) is 0 Å². The van der Waals surface area contributed by atoms with Gasteiger partial charge in [-0.2, -0.15) is 0 Å². The van der Waals surface area contributed by atoms with Crippen molar-refractivity contribution in [3.8, 4) is 27.9 Å². The molecule has 0 aliphatic heterocycles. The third-order valence-electron chi connectivity index (χ3n) is 7.74. The van der Waals surface area contributed by atoms with Crippen LogP contribution in [-0.4, -0.2) is 9.55 Å². The number of H-pyrrole nitrogens is 1. The Morgan fingerprint density at radius 1 is 0.368 bits per heavy atom. The van der Waals surface area contributed by atoms with Crippen LogP contribution < -0.4 is 0 Å². The first-order valence-electron chi connectivity index (χ1n) is 13.0. The van der Waals surface area contributed by atoms with E-state index in [9.17, 15) is 0 Å². The minimum absolute atomic E-state index is 1.18. The molecule has 0 amide bonds. The van der Waals surface area contributed by atoms with Gasteiger partial charge >= 0.3 is 0 Å². The Hall–Kier alpha value is -5.08.